The molecule has 3 aromatic rings. The van der Waals surface area contributed by atoms with Crippen LogP contribution in [0, 0.1) is 6.92 Å². The van der Waals surface area contributed by atoms with Crippen LogP contribution in [-0.2, 0) is 6.54 Å². The van der Waals surface area contributed by atoms with Crippen LogP contribution in [0.5, 0.6) is 5.75 Å². The molecule has 0 radical (unpaired) electrons. The Balaban J connectivity index is 1.29. The average Bonchev–Trinajstić information content (AvgIpc) is 3.05. The van der Waals surface area contributed by atoms with Crippen molar-refractivity contribution in [2.24, 2.45) is 0 Å². The van der Waals surface area contributed by atoms with E-state index in [1.807, 2.05) is 49.7 Å². The third-order valence-corrected chi connectivity index (χ3v) is 5.19. The maximum atomic E-state index is 6.06. The summed E-state index contributed by atoms with van der Waals surface area (Å²) in [5.41, 5.74) is 2.28. The molecule has 5 heteroatoms. The highest BCUT2D eigenvalue weighted by molar-refractivity contribution is 7.98. The Morgan fingerprint density at radius 1 is 1.08 bits per heavy atom. The van der Waals surface area contributed by atoms with Crippen molar-refractivity contribution >= 4 is 11.8 Å². The number of furan rings is 1. The Kier molecular flexibility index (Phi) is 5.00. The van der Waals surface area contributed by atoms with E-state index in [1.165, 1.54) is 0 Å². The van der Waals surface area contributed by atoms with Crippen molar-refractivity contribution in [3.8, 4) is 16.9 Å². The molecule has 134 valence electrons. The van der Waals surface area contributed by atoms with E-state index < -0.39 is 0 Å². The zero-order chi connectivity index (χ0) is 17.9. The Morgan fingerprint density at radius 2 is 1.85 bits per heavy atom. The molecule has 1 fully saturated rings. The minimum atomic E-state index is 0.249. The molecule has 1 aliphatic heterocycles. The number of hydrogen-bond donors (Lipinski definition) is 0. The largest absolute Gasteiger partial charge is 0.488 e. The summed E-state index contributed by atoms with van der Waals surface area (Å²) in [6.45, 7) is 4.69. The topological polar surface area (TPSA) is 38.5 Å². The van der Waals surface area contributed by atoms with Crippen LogP contribution in [0.1, 0.15) is 11.5 Å². The van der Waals surface area contributed by atoms with Crippen LogP contribution < -0.4 is 4.74 Å². The van der Waals surface area contributed by atoms with E-state index in [4.69, 9.17) is 9.15 Å². The van der Waals surface area contributed by atoms with Gasteiger partial charge in [-0.2, -0.15) is 0 Å². The maximum Gasteiger partial charge on any atom is 0.124 e. The van der Waals surface area contributed by atoms with Crippen molar-refractivity contribution < 1.29 is 9.15 Å². The van der Waals surface area contributed by atoms with Gasteiger partial charge in [-0.15, -0.1) is 11.8 Å². The molecule has 0 unspecified atom stereocenters. The standard InChI is InChI=1S/C21H22N2O2S/c1-15-3-7-19(24-15)12-23-13-20(14-23)25-18-8-4-16(5-9-18)17-6-10-21(26-2)22-11-17/h3-11,20H,12-14H2,1-2H3. The molecule has 26 heavy (non-hydrogen) atoms. The van der Waals surface area contributed by atoms with Crippen LogP contribution in [0.25, 0.3) is 11.1 Å². The molecule has 0 aliphatic carbocycles. The van der Waals surface area contributed by atoms with Gasteiger partial charge in [-0.05, 0) is 49.1 Å². The van der Waals surface area contributed by atoms with Crippen molar-refractivity contribution in [1.82, 2.24) is 9.88 Å². The highest BCUT2D eigenvalue weighted by atomic mass is 32.2. The van der Waals surface area contributed by atoms with Gasteiger partial charge in [0.15, 0.2) is 0 Å². The molecule has 0 saturated carbocycles. The fourth-order valence-electron chi connectivity index (χ4n) is 3.11. The Labute approximate surface area is 158 Å². The van der Waals surface area contributed by atoms with Crippen molar-refractivity contribution in [3.63, 3.8) is 0 Å². The molecule has 0 N–H and O–H groups in total. The van der Waals surface area contributed by atoms with Crippen LogP contribution in [0.2, 0.25) is 0 Å². The van der Waals surface area contributed by atoms with Crippen LogP contribution >= 0.6 is 11.8 Å². The lowest BCUT2D eigenvalue weighted by Crippen LogP contribution is -2.52. The van der Waals surface area contributed by atoms with E-state index >= 15 is 0 Å². The van der Waals surface area contributed by atoms with Crippen LogP contribution in [-0.4, -0.2) is 35.3 Å². The number of pyridine rings is 1. The average molecular weight is 366 g/mol. The molecule has 2 aromatic heterocycles. The van der Waals surface area contributed by atoms with Gasteiger partial charge in [-0.25, -0.2) is 4.98 Å². The monoisotopic (exact) mass is 366 g/mol. The molecule has 1 aliphatic rings. The number of aryl methyl sites for hydroxylation is 1. The van der Waals surface area contributed by atoms with E-state index in [0.29, 0.717) is 0 Å². The van der Waals surface area contributed by atoms with E-state index in [9.17, 15) is 0 Å². The van der Waals surface area contributed by atoms with Gasteiger partial charge in [-0.1, -0.05) is 18.2 Å². The molecule has 0 amide bonds. The van der Waals surface area contributed by atoms with Gasteiger partial charge in [0, 0.05) is 24.8 Å². The number of rotatable bonds is 6. The number of hydrogen-bond acceptors (Lipinski definition) is 5. The molecule has 1 aromatic carbocycles. The lowest BCUT2D eigenvalue weighted by Gasteiger charge is -2.38. The van der Waals surface area contributed by atoms with E-state index in [0.717, 1.165) is 53.1 Å². The molecule has 3 heterocycles. The third-order valence-electron chi connectivity index (χ3n) is 4.54. The number of thioether (sulfide) groups is 1. The van der Waals surface area contributed by atoms with Gasteiger partial charge in [0.25, 0.3) is 0 Å². The number of aromatic nitrogens is 1. The van der Waals surface area contributed by atoms with E-state index in [-0.39, 0.29) is 6.10 Å². The Bertz CT molecular complexity index is 852. The zero-order valence-electron chi connectivity index (χ0n) is 15.0. The minimum Gasteiger partial charge on any atom is -0.488 e. The fourth-order valence-corrected chi connectivity index (χ4v) is 3.47. The summed E-state index contributed by atoms with van der Waals surface area (Å²) in [5, 5.41) is 1.04. The van der Waals surface area contributed by atoms with Crippen LogP contribution in [0.3, 0.4) is 0 Å². The lowest BCUT2D eigenvalue weighted by atomic mass is 10.1. The summed E-state index contributed by atoms with van der Waals surface area (Å²) in [7, 11) is 0. The van der Waals surface area contributed by atoms with E-state index in [2.05, 4.69) is 28.1 Å². The summed E-state index contributed by atoms with van der Waals surface area (Å²) in [4.78, 5) is 6.76. The molecule has 1 saturated heterocycles. The van der Waals surface area contributed by atoms with Crippen LogP contribution in [0.4, 0.5) is 0 Å². The number of likely N-dealkylation sites (tertiary alicyclic amines) is 1. The predicted octanol–water partition coefficient (Wildman–Crippen LogP) is 4.64. The number of nitrogens with zero attached hydrogens (tertiary/aromatic N) is 2. The van der Waals surface area contributed by atoms with Crippen molar-refractivity contribution in [2.75, 3.05) is 19.3 Å². The second kappa shape index (κ2) is 7.56. The van der Waals surface area contributed by atoms with Gasteiger partial charge in [0.2, 0.25) is 0 Å². The molecule has 0 spiro atoms. The first kappa shape index (κ1) is 17.2. The van der Waals surface area contributed by atoms with Gasteiger partial charge >= 0.3 is 0 Å². The van der Waals surface area contributed by atoms with Gasteiger partial charge in [-0.3, -0.25) is 4.90 Å². The van der Waals surface area contributed by atoms with Gasteiger partial charge < -0.3 is 9.15 Å². The van der Waals surface area contributed by atoms with Gasteiger partial charge in [0.05, 0.1) is 11.6 Å². The van der Waals surface area contributed by atoms with Crippen molar-refractivity contribution in [3.05, 3.63) is 66.2 Å². The van der Waals surface area contributed by atoms with Gasteiger partial charge in [0.1, 0.15) is 23.4 Å². The SMILES string of the molecule is CSc1ccc(-c2ccc(OC3CN(Cc4ccc(C)o4)C3)cc2)cn1. The smallest absolute Gasteiger partial charge is 0.124 e. The first-order chi connectivity index (χ1) is 12.7. The second-order valence-electron chi connectivity index (χ2n) is 6.56. The van der Waals surface area contributed by atoms with Crippen LogP contribution in [0.15, 0.2) is 64.2 Å². The van der Waals surface area contributed by atoms with Crippen molar-refractivity contribution in [1.29, 1.82) is 0 Å². The summed E-state index contributed by atoms with van der Waals surface area (Å²) in [5.74, 6) is 2.90. The zero-order valence-corrected chi connectivity index (χ0v) is 15.8. The summed E-state index contributed by atoms with van der Waals surface area (Å²) >= 11 is 1.65. The summed E-state index contributed by atoms with van der Waals surface area (Å²) in [6, 6.07) is 16.5. The molecule has 0 atom stereocenters. The molecular weight excluding hydrogens is 344 g/mol. The first-order valence-corrected chi connectivity index (χ1v) is 9.97. The molecule has 4 nitrogen and oxygen atoms in total. The molecule has 4 rings (SSSR count). The molecule has 0 bridgehead atoms. The normalized spacial score (nSPS) is 15.0. The Hall–Kier alpha value is -2.24. The fraction of sp³-hybridized carbons (Fsp3) is 0.286. The third kappa shape index (κ3) is 3.94. The maximum absolute atomic E-state index is 6.06. The first-order valence-electron chi connectivity index (χ1n) is 8.74. The molecular formula is C21H22N2O2S. The second-order valence-corrected chi connectivity index (χ2v) is 7.39. The summed E-state index contributed by atoms with van der Waals surface area (Å²) in [6.07, 6.45) is 4.20. The highest BCUT2D eigenvalue weighted by Crippen LogP contribution is 2.25. The number of benzene rings is 1. The van der Waals surface area contributed by atoms with Crippen molar-refractivity contribution in [2.45, 2.75) is 24.6 Å². The quantitative estimate of drug-likeness (QED) is 0.595. The lowest BCUT2D eigenvalue weighted by molar-refractivity contribution is 0.0106. The predicted molar refractivity (Wildman–Crippen MR) is 105 cm³/mol. The van der Waals surface area contributed by atoms with E-state index in [1.54, 1.807) is 11.8 Å². The minimum absolute atomic E-state index is 0.249. The number of ether oxygens (including phenoxy) is 1. The Morgan fingerprint density at radius 3 is 2.46 bits per heavy atom. The highest BCUT2D eigenvalue weighted by Gasteiger charge is 2.29. The summed E-state index contributed by atoms with van der Waals surface area (Å²) < 4.78 is 11.7.